The molecule has 1 aliphatic heterocycles. The standard InChI is InChI=1S/C16H14N2O4/c1-8-9(2)15(20)18(14(8)19)13(16(21)22)11-7-17-12-6-4-3-5-10(11)12/h3-7,13,17H,1-2H3,(H,21,22)/t13-/m0/s1. The summed E-state index contributed by atoms with van der Waals surface area (Å²) in [6.07, 6.45) is 1.53. The van der Waals surface area contributed by atoms with E-state index in [2.05, 4.69) is 4.98 Å². The Labute approximate surface area is 126 Å². The van der Waals surface area contributed by atoms with Crippen molar-refractivity contribution < 1.29 is 19.5 Å². The number of imide groups is 1. The molecule has 22 heavy (non-hydrogen) atoms. The average Bonchev–Trinajstić information content (AvgIpc) is 2.99. The third kappa shape index (κ3) is 1.84. The van der Waals surface area contributed by atoms with E-state index < -0.39 is 23.8 Å². The van der Waals surface area contributed by atoms with Gasteiger partial charge in [0.1, 0.15) is 0 Å². The van der Waals surface area contributed by atoms with E-state index in [0.717, 1.165) is 10.4 Å². The van der Waals surface area contributed by atoms with Gasteiger partial charge in [0.2, 0.25) is 0 Å². The molecular weight excluding hydrogens is 284 g/mol. The zero-order valence-corrected chi connectivity index (χ0v) is 12.1. The lowest BCUT2D eigenvalue weighted by molar-refractivity contribution is -0.154. The van der Waals surface area contributed by atoms with Crippen LogP contribution in [0.25, 0.3) is 10.9 Å². The van der Waals surface area contributed by atoms with Gasteiger partial charge >= 0.3 is 5.97 Å². The van der Waals surface area contributed by atoms with Gasteiger partial charge < -0.3 is 10.1 Å². The summed E-state index contributed by atoms with van der Waals surface area (Å²) in [4.78, 5) is 40.1. The molecule has 1 aromatic heterocycles. The molecule has 0 unspecified atom stereocenters. The molecule has 2 heterocycles. The van der Waals surface area contributed by atoms with Gasteiger partial charge in [0, 0.05) is 33.8 Å². The molecule has 3 rings (SSSR count). The maximum Gasteiger partial charge on any atom is 0.331 e. The van der Waals surface area contributed by atoms with Crippen molar-refractivity contribution >= 4 is 28.7 Å². The summed E-state index contributed by atoms with van der Waals surface area (Å²) >= 11 is 0. The van der Waals surface area contributed by atoms with Crippen LogP contribution in [0.2, 0.25) is 0 Å². The maximum absolute atomic E-state index is 12.3. The Morgan fingerprint density at radius 1 is 1.14 bits per heavy atom. The third-order valence-corrected chi connectivity index (χ3v) is 4.05. The number of carboxylic acid groups (broad SMARTS) is 1. The monoisotopic (exact) mass is 298 g/mol. The van der Waals surface area contributed by atoms with Crippen LogP contribution in [-0.4, -0.2) is 32.8 Å². The molecule has 1 aliphatic rings. The lowest BCUT2D eigenvalue weighted by Crippen LogP contribution is -2.39. The van der Waals surface area contributed by atoms with Crippen LogP contribution in [0, 0.1) is 0 Å². The van der Waals surface area contributed by atoms with Crippen molar-refractivity contribution in [1.82, 2.24) is 9.88 Å². The number of hydrogen-bond acceptors (Lipinski definition) is 3. The smallest absolute Gasteiger partial charge is 0.331 e. The molecule has 6 nitrogen and oxygen atoms in total. The first kappa shape index (κ1) is 14.1. The second-order valence-corrected chi connectivity index (χ2v) is 5.26. The minimum Gasteiger partial charge on any atom is -0.479 e. The van der Waals surface area contributed by atoms with Gasteiger partial charge in [-0.1, -0.05) is 18.2 Å². The minimum absolute atomic E-state index is 0.288. The van der Waals surface area contributed by atoms with Crippen LogP contribution >= 0.6 is 0 Å². The fourth-order valence-electron chi connectivity index (χ4n) is 2.71. The Hall–Kier alpha value is -2.89. The molecule has 1 atom stereocenters. The van der Waals surface area contributed by atoms with E-state index in [-0.39, 0.29) is 11.1 Å². The number of aliphatic carboxylic acids is 1. The van der Waals surface area contributed by atoms with Crippen molar-refractivity contribution in [2.45, 2.75) is 19.9 Å². The number of nitrogens with one attached hydrogen (secondary N) is 1. The highest BCUT2D eigenvalue weighted by atomic mass is 16.4. The molecule has 112 valence electrons. The largest absolute Gasteiger partial charge is 0.479 e. The van der Waals surface area contributed by atoms with Crippen LogP contribution in [0.1, 0.15) is 25.5 Å². The number of H-pyrrole nitrogens is 1. The number of aromatic amines is 1. The zero-order valence-electron chi connectivity index (χ0n) is 12.1. The molecule has 2 amide bonds. The number of fused-ring (bicyclic) bond motifs is 1. The van der Waals surface area contributed by atoms with Gasteiger partial charge in [0.05, 0.1) is 0 Å². The number of carbonyl (C=O) groups excluding carboxylic acids is 2. The SMILES string of the molecule is CC1=C(C)C(=O)N([C@H](C(=O)O)c2c[nH]c3ccccc23)C1=O. The molecule has 0 spiro atoms. The number of carbonyl (C=O) groups is 3. The van der Waals surface area contributed by atoms with Gasteiger partial charge in [-0.15, -0.1) is 0 Å². The molecule has 0 bridgehead atoms. The predicted molar refractivity (Wildman–Crippen MR) is 78.9 cm³/mol. The number of para-hydroxylation sites is 1. The number of hydrogen-bond donors (Lipinski definition) is 2. The van der Waals surface area contributed by atoms with Gasteiger partial charge in [0.25, 0.3) is 11.8 Å². The minimum atomic E-state index is -1.34. The molecular formula is C16H14N2O4. The van der Waals surface area contributed by atoms with Crippen molar-refractivity contribution in [3.63, 3.8) is 0 Å². The first-order chi connectivity index (χ1) is 10.4. The van der Waals surface area contributed by atoms with Crippen LogP contribution < -0.4 is 0 Å². The van der Waals surface area contributed by atoms with Crippen LogP contribution in [0.4, 0.5) is 0 Å². The van der Waals surface area contributed by atoms with Gasteiger partial charge in [-0.3, -0.25) is 14.5 Å². The Morgan fingerprint density at radius 2 is 1.73 bits per heavy atom. The molecule has 0 radical (unpaired) electrons. The van der Waals surface area contributed by atoms with Crippen molar-refractivity contribution in [3.05, 3.63) is 47.2 Å². The summed E-state index contributed by atoms with van der Waals surface area (Å²) in [6.45, 7) is 3.06. The Kier molecular flexibility index (Phi) is 3.09. The van der Waals surface area contributed by atoms with Gasteiger partial charge in [-0.25, -0.2) is 4.79 Å². The Balaban J connectivity index is 2.15. The molecule has 2 aromatic rings. The summed E-state index contributed by atoms with van der Waals surface area (Å²) in [5.74, 6) is -2.35. The van der Waals surface area contributed by atoms with E-state index in [1.54, 1.807) is 18.2 Å². The van der Waals surface area contributed by atoms with E-state index in [1.807, 2.05) is 6.07 Å². The molecule has 1 aromatic carbocycles. The maximum atomic E-state index is 12.3. The lowest BCUT2D eigenvalue weighted by Gasteiger charge is -2.23. The van der Waals surface area contributed by atoms with Gasteiger partial charge in [-0.05, 0) is 19.9 Å². The summed E-state index contributed by atoms with van der Waals surface area (Å²) in [6, 6.07) is 5.82. The van der Waals surface area contributed by atoms with Gasteiger partial charge in [0.15, 0.2) is 6.04 Å². The number of benzene rings is 1. The molecule has 0 fully saturated rings. The van der Waals surface area contributed by atoms with Crippen molar-refractivity contribution in [1.29, 1.82) is 0 Å². The van der Waals surface area contributed by atoms with E-state index in [4.69, 9.17) is 0 Å². The third-order valence-electron chi connectivity index (χ3n) is 4.05. The zero-order chi connectivity index (χ0) is 16.0. The number of nitrogens with zero attached hydrogens (tertiary/aromatic N) is 1. The highest BCUT2D eigenvalue weighted by Crippen LogP contribution is 2.33. The quantitative estimate of drug-likeness (QED) is 0.848. The van der Waals surface area contributed by atoms with E-state index >= 15 is 0 Å². The topological polar surface area (TPSA) is 90.5 Å². The fraction of sp³-hybridized carbons (Fsp3) is 0.188. The van der Waals surface area contributed by atoms with E-state index in [1.165, 1.54) is 20.0 Å². The molecule has 2 N–H and O–H groups in total. The number of aromatic nitrogens is 1. The summed E-state index contributed by atoms with van der Waals surface area (Å²) in [7, 11) is 0. The van der Waals surface area contributed by atoms with Gasteiger partial charge in [-0.2, -0.15) is 0 Å². The normalized spacial score (nSPS) is 16.7. The number of rotatable bonds is 3. The fourth-order valence-corrected chi connectivity index (χ4v) is 2.71. The van der Waals surface area contributed by atoms with Crippen LogP contribution in [0.3, 0.4) is 0 Å². The van der Waals surface area contributed by atoms with Crippen molar-refractivity contribution in [3.8, 4) is 0 Å². The van der Waals surface area contributed by atoms with Crippen LogP contribution in [0.5, 0.6) is 0 Å². The Morgan fingerprint density at radius 3 is 2.32 bits per heavy atom. The lowest BCUT2D eigenvalue weighted by atomic mass is 10.0. The van der Waals surface area contributed by atoms with Crippen LogP contribution in [0.15, 0.2) is 41.6 Å². The Bertz CT molecular complexity index is 823. The number of amides is 2. The predicted octanol–water partition coefficient (Wildman–Crippen LogP) is 2.00. The molecule has 0 saturated heterocycles. The average molecular weight is 298 g/mol. The second-order valence-electron chi connectivity index (χ2n) is 5.26. The second kappa shape index (κ2) is 4.84. The highest BCUT2D eigenvalue weighted by Gasteiger charge is 2.43. The summed E-state index contributed by atoms with van der Waals surface area (Å²) < 4.78 is 0. The molecule has 0 saturated carbocycles. The van der Waals surface area contributed by atoms with E-state index in [0.29, 0.717) is 10.9 Å². The number of carboxylic acids is 1. The molecule has 6 heteroatoms. The summed E-state index contributed by atoms with van der Waals surface area (Å²) in [5.41, 5.74) is 1.73. The van der Waals surface area contributed by atoms with Crippen LogP contribution in [-0.2, 0) is 14.4 Å². The first-order valence-corrected chi connectivity index (χ1v) is 6.77. The summed E-state index contributed by atoms with van der Waals surface area (Å²) in [5, 5.41) is 10.3. The van der Waals surface area contributed by atoms with E-state index in [9.17, 15) is 19.5 Å². The first-order valence-electron chi connectivity index (χ1n) is 6.77. The highest BCUT2D eigenvalue weighted by molar-refractivity contribution is 6.20. The molecule has 0 aliphatic carbocycles. The van der Waals surface area contributed by atoms with Crippen molar-refractivity contribution in [2.24, 2.45) is 0 Å². The van der Waals surface area contributed by atoms with Crippen molar-refractivity contribution in [2.75, 3.05) is 0 Å².